The van der Waals surface area contributed by atoms with Gasteiger partial charge in [-0.1, -0.05) is 25.7 Å². The number of alkyl halides is 3. The number of methoxy groups -OCH3 is 1. The molecule has 2 aliphatic carbocycles. The zero-order chi connectivity index (χ0) is 22.4. The molecule has 6 heteroatoms. The lowest BCUT2D eigenvalue weighted by Crippen LogP contribution is -2.27. The minimum Gasteiger partial charge on any atom is -0.384 e. The van der Waals surface area contributed by atoms with Gasteiger partial charge in [0.2, 0.25) is 0 Å². The first kappa shape index (κ1) is 24.8. The molecule has 0 saturated heterocycles. The standard InChI is InChI=1S/C25H35ClF4O/c1-31-16-18-8-12-21(13-9-18)20-10-6-17(7-11-20)4-2-3-5-19-14-22(27)24(23(28)15-19)25(26,29)30/h14-15,17-18,20-21H,2-13,16H2,1H3. The molecule has 1 nitrogen and oxygen atoms in total. The molecule has 1 aromatic rings. The van der Waals surface area contributed by atoms with Crippen LogP contribution in [-0.4, -0.2) is 13.7 Å². The highest BCUT2D eigenvalue weighted by Gasteiger charge is 2.35. The second-order valence-electron chi connectivity index (χ2n) is 9.69. The maximum Gasteiger partial charge on any atom is 0.353 e. The van der Waals surface area contributed by atoms with Gasteiger partial charge in [-0.2, -0.15) is 8.78 Å². The Kier molecular flexibility index (Phi) is 9.10. The predicted octanol–water partition coefficient (Wildman–Crippen LogP) is 8.22. The van der Waals surface area contributed by atoms with Gasteiger partial charge in [0.1, 0.15) is 17.2 Å². The van der Waals surface area contributed by atoms with Crippen LogP contribution in [0.1, 0.15) is 81.8 Å². The maximum absolute atomic E-state index is 13.8. The Bertz CT molecular complexity index is 666. The Balaban J connectivity index is 1.35. The summed E-state index contributed by atoms with van der Waals surface area (Å²) >= 11 is 4.79. The van der Waals surface area contributed by atoms with E-state index >= 15 is 0 Å². The molecule has 31 heavy (non-hydrogen) atoms. The summed E-state index contributed by atoms with van der Waals surface area (Å²) in [5, 5.41) is -4.03. The average molecular weight is 463 g/mol. The summed E-state index contributed by atoms with van der Waals surface area (Å²) in [5.41, 5.74) is -0.950. The second-order valence-corrected chi connectivity index (χ2v) is 10.2. The Hall–Kier alpha value is -0.810. The van der Waals surface area contributed by atoms with Crippen molar-refractivity contribution in [2.75, 3.05) is 13.7 Å². The van der Waals surface area contributed by atoms with Crippen molar-refractivity contribution in [2.24, 2.45) is 23.7 Å². The van der Waals surface area contributed by atoms with Crippen LogP contribution in [0.3, 0.4) is 0 Å². The fourth-order valence-electron chi connectivity index (χ4n) is 5.81. The molecule has 2 fully saturated rings. The molecule has 0 bridgehead atoms. The number of ether oxygens (including phenoxy) is 1. The van der Waals surface area contributed by atoms with Crippen LogP contribution >= 0.6 is 11.6 Å². The molecular weight excluding hydrogens is 428 g/mol. The molecule has 0 radical (unpaired) electrons. The molecule has 0 spiro atoms. The molecule has 0 aliphatic heterocycles. The van der Waals surface area contributed by atoms with Gasteiger partial charge in [-0.05, 0) is 104 Å². The van der Waals surface area contributed by atoms with Crippen LogP contribution < -0.4 is 0 Å². The largest absolute Gasteiger partial charge is 0.384 e. The van der Waals surface area contributed by atoms with E-state index in [9.17, 15) is 17.6 Å². The van der Waals surface area contributed by atoms with Gasteiger partial charge in [0.25, 0.3) is 0 Å². The molecule has 0 aromatic heterocycles. The zero-order valence-electron chi connectivity index (χ0n) is 18.5. The van der Waals surface area contributed by atoms with Crippen LogP contribution in [0.4, 0.5) is 17.6 Å². The number of benzene rings is 1. The highest BCUT2D eigenvalue weighted by Crippen LogP contribution is 2.42. The molecular formula is C25H35ClF4O. The summed E-state index contributed by atoms with van der Waals surface area (Å²) in [5.74, 6) is 0.717. The van der Waals surface area contributed by atoms with E-state index in [4.69, 9.17) is 16.3 Å². The number of halogens is 5. The number of aryl methyl sites for hydroxylation is 1. The van der Waals surface area contributed by atoms with Crippen LogP contribution in [0, 0.1) is 35.3 Å². The van der Waals surface area contributed by atoms with Crippen molar-refractivity contribution in [1.82, 2.24) is 0 Å². The van der Waals surface area contributed by atoms with E-state index in [2.05, 4.69) is 0 Å². The molecule has 0 N–H and O–H groups in total. The summed E-state index contributed by atoms with van der Waals surface area (Å²) in [6, 6.07) is 1.97. The average Bonchev–Trinajstić information content (AvgIpc) is 2.71. The van der Waals surface area contributed by atoms with Gasteiger partial charge in [0.05, 0.1) is 0 Å². The third kappa shape index (κ3) is 7.08. The van der Waals surface area contributed by atoms with Crippen molar-refractivity contribution >= 4 is 11.6 Å². The normalized spacial score (nSPS) is 27.4. The van der Waals surface area contributed by atoms with Crippen molar-refractivity contribution in [3.63, 3.8) is 0 Å². The summed E-state index contributed by atoms with van der Waals surface area (Å²) in [7, 11) is 1.79. The van der Waals surface area contributed by atoms with Gasteiger partial charge in [0, 0.05) is 13.7 Å². The first-order valence-electron chi connectivity index (χ1n) is 11.8. The molecule has 0 heterocycles. The number of unbranched alkanes of at least 4 members (excludes halogenated alkanes) is 1. The highest BCUT2D eigenvalue weighted by molar-refractivity contribution is 6.21. The topological polar surface area (TPSA) is 9.23 Å². The third-order valence-electron chi connectivity index (χ3n) is 7.57. The Labute approximate surface area is 188 Å². The molecule has 0 unspecified atom stereocenters. The first-order chi connectivity index (χ1) is 14.8. The van der Waals surface area contributed by atoms with E-state index in [0.29, 0.717) is 12.0 Å². The minimum atomic E-state index is -4.03. The zero-order valence-corrected chi connectivity index (χ0v) is 19.2. The van der Waals surface area contributed by atoms with Crippen molar-refractivity contribution in [1.29, 1.82) is 0 Å². The summed E-state index contributed by atoms with van der Waals surface area (Å²) in [6.07, 6.45) is 14.0. The van der Waals surface area contributed by atoms with Crippen LogP contribution in [0.5, 0.6) is 0 Å². The summed E-state index contributed by atoms with van der Waals surface area (Å²) < 4.78 is 59.2. The van der Waals surface area contributed by atoms with Gasteiger partial charge in [-0.25, -0.2) is 8.78 Å². The van der Waals surface area contributed by atoms with E-state index in [-0.39, 0.29) is 0 Å². The van der Waals surface area contributed by atoms with E-state index < -0.39 is 22.6 Å². The predicted molar refractivity (Wildman–Crippen MR) is 116 cm³/mol. The number of hydrogen-bond acceptors (Lipinski definition) is 1. The van der Waals surface area contributed by atoms with Crippen molar-refractivity contribution in [3.05, 3.63) is 34.9 Å². The fourth-order valence-corrected chi connectivity index (χ4v) is 5.99. The minimum absolute atomic E-state index is 0.410. The number of hydrogen-bond donors (Lipinski definition) is 0. The molecule has 176 valence electrons. The van der Waals surface area contributed by atoms with Crippen LogP contribution in [0.15, 0.2) is 12.1 Å². The van der Waals surface area contributed by atoms with Gasteiger partial charge >= 0.3 is 5.38 Å². The summed E-state index contributed by atoms with van der Waals surface area (Å²) in [4.78, 5) is 0. The molecule has 2 saturated carbocycles. The Morgan fingerprint density at radius 2 is 1.39 bits per heavy atom. The SMILES string of the molecule is COCC1CCC(C2CCC(CCCCc3cc(F)c(C(F)(F)Cl)c(F)c3)CC2)CC1. The van der Waals surface area contributed by atoms with Crippen molar-refractivity contribution in [3.8, 4) is 0 Å². The van der Waals surface area contributed by atoms with Gasteiger partial charge < -0.3 is 4.74 Å². The molecule has 3 rings (SSSR count). The van der Waals surface area contributed by atoms with Gasteiger partial charge in [-0.3, -0.25) is 0 Å². The Morgan fingerprint density at radius 1 is 0.871 bits per heavy atom. The maximum atomic E-state index is 13.8. The van der Waals surface area contributed by atoms with E-state index in [1.165, 1.54) is 51.4 Å². The lowest BCUT2D eigenvalue weighted by Gasteiger charge is -2.37. The second kappa shape index (κ2) is 11.4. The quantitative estimate of drug-likeness (QED) is 0.204. The van der Waals surface area contributed by atoms with E-state index in [1.54, 1.807) is 7.11 Å². The smallest absolute Gasteiger partial charge is 0.353 e. The fraction of sp³-hybridized carbons (Fsp3) is 0.760. The van der Waals surface area contributed by atoms with Crippen LogP contribution in [0.25, 0.3) is 0 Å². The van der Waals surface area contributed by atoms with Gasteiger partial charge in [0.15, 0.2) is 0 Å². The van der Waals surface area contributed by atoms with Crippen LogP contribution in [0.2, 0.25) is 0 Å². The van der Waals surface area contributed by atoms with E-state index in [0.717, 1.165) is 61.7 Å². The molecule has 1 aromatic carbocycles. The molecule has 0 atom stereocenters. The van der Waals surface area contributed by atoms with Gasteiger partial charge in [-0.15, -0.1) is 0 Å². The molecule has 2 aliphatic rings. The lowest BCUT2D eigenvalue weighted by molar-refractivity contribution is 0.0858. The molecule has 0 amide bonds. The first-order valence-corrected chi connectivity index (χ1v) is 12.2. The number of rotatable bonds is 9. The van der Waals surface area contributed by atoms with Crippen LogP contribution in [-0.2, 0) is 16.5 Å². The lowest BCUT2D eigenvalue weighted by atomic mass is 9.69. The summed E-state index contributed by atoms with van der Waals surface area (Å²) in [6.45, 7) is 0.905. The third-order valence-corrected chi connectivity index (χ3v) is 7.75. The van der Waals surface area contributed by atoms with E-state index in [1.807, 2.05) is 0 Å². The highest BCUT2D eigenvalue weighted by atomic mass is 35.5. The monoisotopic (exact) mass is 462 g/mol. The van der Waals surface area contributed by atoms with Crippen molar-refractivity contribution < 1.29 is 22.3 Å². The van der Waals surface area contributed by atoms with Crippen molar-refractivity contribution in [2.45, 2.75) is 82.4 Å². The Morgan fingerprint density at radius 3 is 1.87 bits per heavy atom.